The van der Waals surface area contributed by atoms with Gasteiger partial charge in [0.1, 0.15) is 0 Å². The van der Waals surface area contributed by atoms with Gasteiger partial charge in [-0.3, -0.25) is 9.59 Å². The van der Waals surface area contributed by atoms with Gasteiger partial charge in [0.05, 0.1) is 12.1 Å². The summed E-state index contributed by atoms with van der Waals surface area (Å²) in [5.74, 6) is -0.524. The predicted molar refractivity (Wildman–Crippen MR) is 81.7 cm³/mol. The molecule has 0 spiro atoms. The van der Waals surface area contributed by atoms with E-state index in [2.05, 4.69) is 21.2 Å². The fourth-order valence-electron chi connectivity index (χ4n) is 1.74. The molecule has 0 unspecified atom stereocenters. The Morgan fingerprint density at radius 3 is 2.25 bits per heavy atom. The van der Waals surface area contributed by atoms with Crippen LogP contribution in [0.3, 0.4) is 0 Å². The van der Waals surface area contributed by atoms with Gasteiger partial charge in [0.15, 0.2) is 5.78 Å². The number of hydrogen-bond acceptors (Lipinski definition) is 3. The molecule has 0 atom stereocenters. The first-order chi connectivity index (χ1) is 9.59. The molecule has 0 aliphatic rings. The molecule has 0 saturated heterocycles. The molecule has 0 saturated carbocycles. The molecular formula is C15H13BrN2O2. The van der Waals surface area contributed by atoms with Crippen LogP contribution in [0.4, 0.5) is 5.69 Å². The van der Waals surface area contributed by atoms with Crippen LogP contribution < -0.4 is 11.1 Å². The van der Waals surface area contributed by atoms with E-state index >= 15 is 0 Å². The van der Waals surface area contributed by atoms with Gasteiger partial charge in [-0.2, -0.15) is 0 Å². The number of nitrogens with two attached hydrogens (primary N) is 1. The summed E-state index contributed by atoms with van der Waals surface area (Å²) < 4.78 is 0.707. The number of amides is 1. The molecule has 20 heavy (non-hydrogen) atoms. The van der Waals surface area contributed by atoms with Gasteiger partial charge in [-0.05, 0) is 18.2 Å². The first-order valence-electron chi connectivity index (χ1n) is 6.00. The topological polar surface area (TPSA) is 72.2 Å². The van der Waals surface area contributed by atoms with Crippen molar-refractivity contribution in [3.05, 3.63) is 64.1 Å². The Morgan fingerprint density at radius 1 is 1.00 bits per heavy atom. The van der Waals surface area contributed by atoms with E-state index in [0.29, 0.717) is 21.3 Å². The third kappa shape index (κ3) is 3.24. The van der Waals surface area contributed by atoms with Gasteiger partial charge in [-0.15, -0.1) is 0 Å². The first-order valence-corrected chi connectivity index (χ1v) is 6.79. The fraction of sp³-hybridized carbons (Fsp3) is 0.0667. The van der Waals surface area contributed by atoms with Crippen LogP contribution in [0, 0.1) is 0 Å². The van der Waals surface area contributed by atoms with Gasteiger partial charge < -0.3 is 11.1 Å². The number of benzene rings is 2. The lowest BCUT2D eigenvalue weighted by molar-refractivity contribution is 0.0904. The number of para-hydroxylation sites is 1. The average molecular weight is 333 g/mol. The number of halogens is 1. The SMILES string of the molecule is Nc1ccccc1C(=O)NCC(=O)c1ccccc1Br. The Balaban J connectivity index is 2.03. The second kappa shape index (κ2) is 6.34. The van der Waals surface area contributed by atoms with Crippen LogP contribution in [-0.2, 0) is 0 Å². The second-order valence-electron chi connectivity index (χ2n) is 4.17. The lowest BCUT2D eigenvalue weighted by Crippen LogP contribution is -2.30. The highest BCUT2D eigenvalue weighted by Gasteiger charge is 2.13. The number of hydrogen-bond donors (Lipinski definition) is 2. The monoisotopic (exact) mass is 332 g/mol. The summed E-state index contributed by atoms with van der Waals surface area (Å²) in [7, 11) is 0. The van der Waals surface area contributed by atoms with Crippen molar-refractivity contribution in [1.29, 1.82) is 0 Å². The number of nitrogens with one attached hydrogen (secondary N) is 1. The molecule has 5 heteroatoms. The molecule has 102 valence electrons. The van der Waals surface area contributed by atoms with Crippen LogP contribution in [0.5, 0.6) is 0 Å². The smallest absolute Gasteiger partial charge is 0.253 e. The Bertz CT molecular complexity index is 598. The summed E-state index contributed by atoms with van der Waals surface area (Å²) in [4.78, 5) is 23.9. The van der Waals surface area contributed by atoms with Crippen LogP contribution in [0.15, 0.2) is 53.0 Å². The van der Waals surface area contributed by atoms with Crippen molar-refractivity contribution < 1.29 is 9.59 Å². The normalized spacial score (nSPS) is 10.1. The highest BCUT2D eigenvalue weighted by Crippen LogP contribution is 2.16. The molecule has 0 aliphatic carbocycles. The van der Waals surface area contributed by atoms with Crippen molar-refractivity contribution in [3.63, 3.8) is 0 Å². The number of rotatable bonds is 4. The fourth-order valence-corrected chi connectivity index (χ4v) is 2.25. The molecule has 1 amide bonds. The molecule has 2 aromatic carbocycles. The summed E-state index contributed by atoms with van der Waals surface area (Å²) in [6, 6.07) is 13.8. The van der Waals surface area contributed by atoms with Gasteiger partial charge >= 0.3 is 0 Å². The number of ketones is 1. The first kappa shape index (κ1) is 14.3. The molecule has 2 rings (SSSR count). The zero-order chi connectivity index (χ0) is 14.5. The van der Waals surface area contributed by atoms with Crippen LogP contribution >= 0.6 is 15.9 Å². The molecule has 2 aromatic rings. The summed E-state index contributed by atoms with van der Waals surface area (Å²) >= 11 is 3.31. The highest BCUT2D eigenvalue weighted by molar-refractivity contribution is 9.10. The molecule has 0 bridgehead atoms. The maximum atomic E-state index is 12.0. The number of carbonyl (C=O) groups is 2. The van der Waals surface area contributed by atoms with E-state index in [0.717, 1.165) is 0 Å². The van der Waals surface area contributed by atoms with Crippen molar-refractivity contribution in [2.24, 2.45) is 0 Å². The molecule has 0 fully saturated rings. The van der Waals surface area contributed by atoms with Crippen molar-refractivity contribution in [1.82, 2.24) is 5.32 Å². The third-order valence-electron chi connectivity index (χ3n) is 2.79. The largest absolute Gasteiger partial charge is 0.398 e. The van der Waals surface area contributed by atoms with E-state index in [-0.39, 0.29) is 18.2 Å². The summed E-state index contributed by atoms with van der Waals surface area (Å²) in [5.41, 5.74) is 7.00. The van der Waals surface area contributed by atoms with Crippen molar-refractivity contribution >= 4 is 33.3 Å². The minimum atomic E-state index is -0.358. The minimum Gasteiger partial charge on any atom is -0.398 e. The minimum absolute atomic E-state index is 0.0736. The molecule has 0 radical (unpaired) electrons. The number of nitrogen functional groups attached to an aromatic ring is 1. The number of Topliss-reactive ketones (excluding diaryl/α,β-unsaturated/α-hetero) is 1. The Kier molecular flexibility index (Phi) is 4.53. The number of anilines is 1. The average Bonchev–Trinajstić information content (AvgIpc) is 2.45. The molecule has 0 aliphatic heterocycles. The maximum Gasteiger partial charge on any atom is 0.253 e. The van der Waals surface area contributed by atoms with Gasteiger partial charge in [-0.25, -0.2) is 0 Å². The summed E-state index contributed by atoms with van der Waals surface area (Å²) in [6.45, 7) is -0.0736. The van der Waals surface area contributed by atoms with Crippen molar-refractivity contribution in [2.75, 3.05) is 12.3 Å². The van der Waals surface area contributed by atoms with E-state index in [9.17, 15) is 9.59 Å². The molecule has 4 nitrogen and oxygen atoms in total. The van der Waals surface area contributed by atoms with Gasteiger partial charge in [0, 0.05) is 15.7 Å². The van der Waals surface area contributed by atoms with Crippen LogP contribution in [0.25, 0.3) is 0 Å². The Morgan fingerprint density at radius 2 is 1.60 bits per heavy atom. The lowest BCUT2D eigenvalue weighted by atomic mass is 10.1. The van der Waals surface area contributed by atoms with E-state index in [1.165, 1.54) is 0 Å². The van der Waals surface area contributed by atoms with Crippen LogP contribution in [0.2, 0.25) is 0 Å². The van der Waals surface area contributed by atoms with Gasteiger partial charge in [0.25, 0.3) is 5.91 Å². The van der Waals surface area contributed by atoms with E-state index in [1.807, 2.05) is 6.07 Å². The molecule has 0 aromatic heterocycles. The predicted octanol–water partition coefficient (Wildman–Crippen LogP) is 2.64. The van der Waals surface area contributed by atoms with E-state index in [4.69, 9.17) is 5.73 Å². The molecule has 3 N–H and O–H groups in total. The summed E-state index contributed by atoms with van der Waals surface area (Å²) in [6.07, 6.45) is 0. The third-order valence-corrected chi connectivity index (χ3v) is 3.48. The second-order valence-corrected chi connectivity index (χ2v) is 5.03. The highest BCUT2D eigenvalue weighted by atomic mass is 79.9. The van der Waals surface area contributed by atoms with Gasteiger partial charge in [0.2, 0.25) is 0 Å². The number of carbonyl (C=O) groups excluding carboxylic acids is 2. The van der Waals surface area contributed by atoms with E-state index < -0.39 is 0 Å². The quantitative estimate of drug-likeness (QED) is 0.667. The zero-order valence-corrected chi connectivity index (χ0v) is 12.2. The Labute approximate surface area is 125 Å². The van der Waals surface area contributed by atoms with E-state index in [1.54, 1.807) is 42.5 Å². The standard InChI is InChI=1S/C15H13BrN2O2/c16-12-7-3-1-5-10(12)14(19)9-18-15(20)11-6-2-4-8-13(11)17/h1-8H,9,17H2,(H,18,20). The van der Waals surface area contributed by atoms with Gasteiger partial charge in [-0.1, -0.05) is 46.3 Å². The van der Waals surface area contributed by atoms with Crippen LogP contribution in [-0.4, -0.2) is 18.2 Å². The summed E-state index contributed by atoms with van der Waals surface area (Å²) in [5, 5.41) is 2.58. The maximum absolute atomic E-state index is 12.0. The Hall–Kier alpha value is -2.14. The molecule has 0 heterocycles. The zero-order valence-electron chi connectivity index (χ0n) is 10.6. The lowest BCUT2D eigenvalue weighted by Gasteiger charge is -2.07. The van der Waals surface area contributed by atoms with Crippen molar-refractivity contribution in [3.8, 4) is 0 Å². The molecular weight excluding hydrogens is 320 g/mol. The van der Waals surface area contributed by atoms with Crippen molar-refractivity contribution in [2.45, 2.75) is 0 Å². The van der Waals surface area contributed by atoms with Crippen LogP contribution in [0.1, 0.15) is 20.7 Å².